The van der Waals surface area contributed by atoms with E-state index in [1.165, 1.54) is 0 Å². The Balaban J connectivity index is 2.16. The topological polar surface area (TPSA) is 66.4 Å². The number of rotatable bonds is 3. The van der Waals surface area contributed by atoms with Gasteiger partial charge in [0, 0.05) is 6.04 Å². The molecule has 0 radical (unpaired) electrons. The number of sulfonamides is 1. The minimum absolute atomic E-state index is 0.242. The van der Waals surface area contributed by atoms with E-state index in [4.69, 9.17) is 0 Å². The third-order valence-corrected chi connectivity index (χ3v) is 5.03. The number of aliphatic hydroxyl groups is 1. The summed E-state index contributed by atoms with van der Waals surface area (Å²) < 4.78 is 63.9. The van der Waals surface area contributed by atoms with Gasteiger partial charge in [0.1, 0.15) is 0 Å². The summed E-state index contributed by atoms with van der Waals surface area (Å²) in [5.74, 6) is 0. The number of nitrogens with one attached hydrogen (secondary N) is 1. The van der Waals surface area contributed by atoms with Crippen molar-refractivity contribution in [2.75, 3.05) is 0 Å². The summed E-state index contributed by atoms with van der Waals surface area (Å²) in [6.07, 6.45) is -2.60. The van der Waals surface area contributed by atoms with Crippen LogP contribution in [0.4, 0.5) is 13.2 Å². The van der Waals surface area contributed by atoms with Crippen molar-refractivity contribution in [2.24, 2.45) is 0 Å². The van der Waals surface area contributed by atoms with Gasteiger partial charge < -0.3 is 5.11 Å². The molecular formula is C13H16F3NO3S. The molecule has 0 saturated heterocycles. The zero-order chi connectivity index (χ0) is 15.7. The van der Waals surface area contributed by atoms with Gasteiger partial charge in [0.25, 0.3) is 0 Å². The van der Waals surface area contributed by atoms with E-state index >= 15 is 0 Å². The predicted molar refractivity (Wildman–Crippen MR) is 70.0 cm³/mol. The zero-order valence-corrected chi connectivity index (χ0v) is 11.9. The maximum atomic E-state index is 12.4. The average molecular weight is 323 g/mol. The van der Waals surface area contributed by atoms with Crippen molar-refractivity contribution in [3.05, 3.63) is 29.8 Å². The van der Waals surface area contributed by atoms with Crippen LogP contribution in [0.2, 0.25) is 0 Å². The Morgan fingerprint density at radius 3 is 2.19 bits per heavy atom. The summed E-state index contributed by atoms with van der Waals surface area (Å²) in [5.41, 5.74) is -0.904. The van der Waals surface area contributed by atoms with Crippen LogP contribution in [-0.4, -0.2) is 25.7 Å². The summed E-state index contributed by atoms with van der Waals surface area (Å²) in [4.78, 5) is -0.242. The molecule has 2 unspecified atom stereocenters. The number of alkyl halides is 3. The number of benzene rings is 1. The van der Waals surface area contributed by atoms with Gasteiger partial charge in [-0.3, -0.25) is 0 Å². The first kappa shape index (κ1) is 16.3. The monoisotopic (exact) mass is 323 g/mol. The van der Waals surface area contributed by atoms with Crippen molar-refractivity contribution < 1.29 is 26.7 Å². The Hall–Kier alpha value is -1.12. The van der Waals surface area contributed by atoms with Crippen LogP contribution < -0.4 is 4.72 Å². The van der Waals surface area contributed by atoms with Gasteiger partial charge in [-0.25, -0.2) is 13.1 Å². The lowest BCUT2D eigenvalue weighted by molar-refractivity contribution is -0.137. The Bertz CT molecular complexity index is 584. The van der Waals surface area contributed by atoms with Crippen molar-refractivity contribution in [3.63, 3.8) is 0 Å². The van der Waals surface area contributed by atoms with E-state index in [9.17, 15) is 26.7 Å². The Morgan fingerprint density at radius 1 is 1.10 bits per heavy atom. The standard InChI is InChI=1S/C13H16F3NO3S/c14-13(15,16)9-5-7-10(8-6-9)21(19,20)17-11-3-1-2-4-12(11)18/h5-8,11-12,17-18H,1-4H2. The molecule has 2 N–H and O–H groups in total. The van der Waals surface area contributed by atoms with Crippen LogP contribution in [-0.2, 0) is 16.2 Å². The van der Waals surface area contributed by atoms with Gasteiger partial charge in [-0.15, -0.1) is 0 Å². The van der Waals surface area contributed by atoms with Gasteiger partial charge in [-0.05, 0) is 37.1 Å². The van der Waals surface area contributed by atoms with Crippen LogP contribution in [0.1, 0.15) is 31.2 Å². The summed E-state index contributed by atoms with van der Waals surface area (Å²) >= 11 is 0. The van der Waals surface area contributed by atoms with Gasteiger partial charge >= 0.3 is 6.18 Å². The molecule has 0 bridgehead atoms. The van der Waals surface area contributed by atoms with Gasteiger partial charge in [-0.1, -0.05) is 12.8 Å². The molecule has 0 heterocycles. The van der Waals surface area contributed by atoms with E-state index in [-0.39, 0.29) is 4.90 Å². The molecule has 0 aromatic heterocycles. The maximum absolute atomic E-state index is 12.4. The van der Waals surface area contributed by atoms with Crippen LogP contribution in [0.25, 0.3) is 0 Å². The van der Waals surface area contributed by atoms with Crippen LogP contribution >= 0.6 is 0 Å². The SMILES string of the molecule is O=S(=O)(NC1CCCCC1O)c1ccc(C(F)(F)F)cc1. The molecule has 8 heteroatoms. The zero-order valence-electron chi connectivity index (χ0n) is 11.1. The first-order chi connectivity index (χ1) is 9.70. The predicted octanol–water partition coefficient (Wildman–Crippen LogP) is 2.29. The van der Waals surface area contributed by atoms with Crippen LogP contribution in [0.3, 0.4) is 0 Å². The molecule has 1 aliphatic rings. The fraction of sp³-hybridized carbons (Fsp3) is 0.538. The summed E-state index contributed by atoms with van der Waals surface area (Å²) in [7, 11) is -3.93. The second kappa shape index (κ2) is 5.94. The highest BCUT2D eigenvalue weighted by Gasteiger charge is 2.32. The van der Waals surface area contributed by atoms with E-state index in [2.05, 4.69) is 4.72 Å². The first-order valence-corrected chi connectivity index (χ1v) is 8.06. The Morgan fingerprint density at radius 2 is 1.67 bits per heavy atom. The molecule has 4 nitrogen and oxygen atoms in total. The van der Waals surface area contributed by atoms with Crippen LogP contribution in [0.15, 0.2) is 29.2 Å². The van der Waals surface area contributed by atoms with Crippen molar-refractivity contribution in [1.82, 2.24) is 4.72 Å². The van der Waals surface area contributed by atoms with Crippen molar-refractivity contribution in [2.45, 2.75) is 48.9 Å². The second-order valence-electron chi connectivity index (χ2n) is 5.10. The largest absolute Gasteiger partial charge is 0.416 e. The Labute approximate surface area is 121 Å². The molecule has 2 atom stereocenters. The maximum Gasteiger partial charge on any atom is 0.416 e. The summed E-state index contributed by atoms with van der Waals surface area (Å²) in [6.45, 7) is 0. The van der Waals surface area contributed by atoms with Gasteiger partial charge in [0.2, 0.25) is 10.0 Å². The number of aliphatic hydroxyl groups excluding tert-OH is 1. The molecule has 21 heavy (non-hydrogen) atoms. The second-order valence-corrected chi connectivity index (χ2v) is 6.82. The van der Waals surface area contributed by atoms with Crippen molar-refractivity contribution >= 4 is 10.0 Å². The molecule has 2 rings (SSSR count). The normalized spacial score (nSPS) is 24.0. The van der Waals surface area contributed by atoms with Crippen molar-refractivity contribution in [3.8, 4) is 0 Å². The smallest absolute Gasteiger partial charge is 0.391 e. The Kier molecular flexibility index (Phi) is 4.60. The van der Waals surface area contributed by atoms with Crippen molar-refractivity contribution in [1.29, 1.82) is 0 Å². The van der Waals surface area contributed by atoms with E-state index in [1.807, 2.05) is 0 Å². The lowest BCUT2D eigenvalue weighted by Gasteiger charge is -2.28. The minimum Gasteiger partial charge on any atom is -0.391 e. The molecule has 0 spiro atoms. The quantitative estimate of drug-likeness (QED) is 0.897. The van der Waals surface area contributed by atoms with Gasteiger partial charge in [0.05, 0.1) is 16.6 Å². The first-order valence-electron chi connectivity index (χ1n) is 6.58. The van der Waals surface area contributed by atoms with Gasteiger partial charge in [-0.2, -0.15) is 13.2 Å². The van der Waals surface area contributed by atoms with Gasteiger partial charge in [0.15, 0.2) is 0 Å². The highest BCUT2D eigenvalue weighted by atomic mass is 32.2. The summed E-state index contributed by atoms with van der Waals surface area (Å²) in [6, 6.07) is 2.70. The lowest BCUT2D eigenvalue weighted by atomic mass is 9.93. The average Bonchev–Trinajstić information content (AvgIpc) is 2.40. The van der Waals surface area contributed by atoms with E-state index < -0.39 is 33.9 Å². The van der Waals surface area contributed by atoms with Crippen LogP contribution in [0, 0.1) is 0 Å². The number of halogens is 3. The van der Waals surface area contributed by atoms with Crippen LogP contribution in [0.5, 0.6) is 0 Å². The highest BCUT2D eigenvalue weighted by molar-refractivity contribution is 7.89. The highest BCUT2D eigenvalue weighted by Crippen LogP contribution is 2.30. The molecule has 118 valence electrons. The third-order valence-electron chi connectivity index (χ3n) is 3.53. The molecule has 1 saturated carbocycles. The fourth-order valence-corrected chi connectivity index (χ4v) is 3.64. The summed E-state index contributed by atoms with van der Waals surface area (Å²) in [5, 5.41) is 9.75. The minimum atomic E-state index is -4.50. The molecule has 1 aromatic rings. The molecule has 0 amide bonds. The van der Waals surface area contributed by atoms with E-state index in [0.717, 1.165) is 37.1 Å². The molecule has 0 aliphatic heterocycles. The molecule has 1 fully saturated rings. The molecular weight excluding hydrogens is 307 g/mol. The lowest BCUT2D eigenvalue weighted by Crippen LogP contribution is -2.44. The van der Waals surface area contributed by atoms with E-state index in [0.29, 0.717) is 12.8 Å². The number of hydrogen-bond acceptors (Lipinski definition) is 3. The van der Waals surface area contributed by atoms with E-state index in [1.54, 1.807) is 0 Å². The fourth-order valence-electron chi connectivity index (χ4n) is 2.34. The molecule has 1 aliphatic carbocycles. The molecule has 1 aromatic carbocycles. The number of hydrogen-bond donors (Lipinski definition) is 2. The third kappa shape index (κ3) is 3.96.